The summed E-state index contributed by atoms with van der Waals surface area (Å²) in [6.45, 7) is 8.50. The van der Waals surface area contributed by atoms with E-state index < -0.39 is 21.4 Å². The van der Waals surface area contributed by atoms with Gasteiger partial charge in [-0.25, -0.2) is 0 Å². The van der Waals surface area contributed by atoms with E-state index in [-0.39, 0.29) is 16.8 Å². The predicted octanol–water partition coefficient (Wildman–Crippen LogP) is 3.30. The minimum Gasteiger partial charge on any atom is -0.375 e. The van der Waals surface area contributed by atoms with Crippen LogP contribution in [0.1, 0.15) is 18.1 Å². The molecule has 0 heterocycles. The molecule has 0 atom stereocenters. The van der Waals surface area contributed by atoms with E-state index in [1.54, 1.807) is 6.07 Å². The third-order valence-corrected chi connectivity index (χ3v) is 3.34. The predicted molar refractivity (Wildman–Crippen MR) is 78.3 cm³/mol. The van der Waals surface area contributed by atoms with Crippen molar-refractivity contribution in [1.29, 1.82) is 5.26 Å². The van der Waals surface area contributed by atoms with Crippen LogP contribution < -0.4 is 4.18 Å². The monoisotopic (exact) mass is 344 g/mol. The molecule has 0 spiro atoms. The van der Waals surface area contributed by atoms with E-state index in [4.69, 9.17) is 5.26 Å². The van der Waals surface area contributed by atoms with Gasteiger partial charge in [-0.15, -0.1) is 0 Å². The third kappa shape index (κ3) is 4.43. The van der Waals surface area contributed by atoms with Crippen molar-refractivity contribution in [2.45, 2.75) is 12.4 Å². The van der Waals surface area contributed by atoms with Gasteiger partial charge in [0.05, 0.1) is 17.3 Å². The molecular weight excluding hydrogens is 333 g/mol. The maximum Gasteiger partial charge on any atom is 0.534 e. The summed E-state index contributed by atoms with van der Waals surface area (Å²) in [5.41, 5.74) is -5.40. The van der Waals surface area contributed by atoms with Crippen molar-refractivity contribution in [1.82, 2.24) is 0 Å². The molecule has 0 radical (unpaired) electrons. The number of hydrogen-bond acceptors (Lipinski definition) is 5. The Balaban J connectivity index is 3.55. The van der Waals surface area contributed by atoms with Crippen molar-refractivity contribution in [2.24, 2.45) is 4.99 Å². The van der Waals surface area contributed by atoms with Gasteiger partial charge in [0.25, 0.3) is 0 Å². The van der Waals surface area contributed by atoms with Crippen molar-refractivity contribution >= 4 is 15.8 Å². The van der Waals surface area contributed by atoms with Crippen LogP contribution in [0.15, 0.2) is 48.1 Å². The molecule has 0 saturated carbocycles. The number of nitriles is 1. The molecule has 0 aliphatic rings. The van der Waals surface area contributed by atoms with Crippen molar-refractivity contribution in [3.05, 3.63) is 54.3 Å². The van der Waals surface area contributed by atoms with E-state index in [1.165, 1.54) is 25.1 Å². The second-order valence-electron chi connectivity index (χ2n) is 4.24. The SMILES string of the molecule is C=CC(=NC(=C)C)c1ccc(C#N)cc1OS(=O)(=O)C(F)(F)F. The number of aliphatic imine (C=N–C) groups is 1. The molecule has 23 heavy (non-hydrogen) atoms. The lowest BCUT2D eigenvalue weighted by atomic mass is 10.1. The Morgan fingerprint density at radius 3 is 2.48 bits per heavy atom. The molecule has 1 rings (SSSR count). The van der Waals surface area contributed by atoms with Crippen LogP contribution in [0, 0.1) is 11.3 Å². The lowest BCUT2D eigenvalue weighted by Crippen LogP contribution is -2.28. The Morgan fingerprint density at radius 1 is 1.43 bits per heavy atom. The maximum atomic E-state index is 12.5. The Hall–Kier alpha value is -2.60. The minimum atomic E-state index is -5.89. The molecule has 0 fully saturated rings. The normalized spacial score (nSPS) is 12.4. The first-order chi connectivity index (χ1) is 10.5. The summed E-state index contributed by atoms with van der Waals surface area (Å²) < 4.78 is 64.0. The number of nitrogens with zero attached hydrogens (tertiary/aromatic N) is 2. The van der Waals surface area contributed by atoms with Gasteiger partial charge in [0, 0.05) is 17.3 Å². The van der Waals surface area contributed by atoms with Crippen molar-refractivity contribution in [2.75, 3.05) is 0 Å². The summed E-state index contributed by atoms with van der Waals surface area (Å²) in [5, 5.41) is 8.81. The molecule has 1 aromatic carbocycles. The van der Waals surface area contributed by atoms with E-state index >= 15 is 0 Å². The molecule has 0 bridgehead atoms. The fraction of sp³-hybridized carbons (Fsp3) is 0.143. The summed E-state index contributed by atoms with van der Waals surface area (Å²) in [7, 11) is -5.89. The Kier molecular flexibility index (Phi) is 5.34. The first-order valence-electron chi connectivity index (χ1n) is 5.93. The Labute approximate surface area is 131 Å². The Bertz CT molecular complexity index is 819. The van der Waals surface area contributed by atoms with Gasteiger partial charge in [0.15, 0.2) is 5.75 Å². The molecule has 5 nitrogen and oxygen atoms in total. The van der Waals surface area contributed by atoms with Crippen LogP contribution in [0.5, 0.6) is 5.75 Å². The molecule has 0 unspecified atom stereocenters. The standard InChI is InChI=1S/C14H11F3N2O3S/c1-4-12(19-9(2)3)11-6-5-10(8-18)7-13(11)22-23(20,21)14(15,16)17/h4-7H,1-2H2,3H3. The van der Waals surface area contributed by atoms with E-state index in [0.717, 1.165) is 6.07 Å². The molecule has 0 aromatic heterocycles. The number of hydrogen-bond donors (Lipinski definition) is 0. The maximum absolute atomic E-state index is 12.5. The molecule has 1 aromatic rings. The second-order valence-corrected chi connectivity index (χ2v) is 5.78. The van der Waals surface area contributed by atoms with Crippen molar-refractivity contribution in [3.63, 3.8) is 0 Å². The van der Waals surface area contributed by atoms with Gasteiger partial charge < -0.3 is 4.18 Å². The second kappa shape index (κ2) is 6.66. The highest BCUT2D eigenvalue weighted by Crippen LogP contribution is 2.30. The van der Waals surface area contributed by atoms with Gasteiger partial charge >= 0.3 is 15.6 Å². The summed E-state index contributed by atoms with van der Waals surface area (Å²) >= 11 is 0. The molecule has 0 aliphatic heterocycles. The van der Waals surface area contributed by atoms with Gasteiger partial charge in [0.1, 0.15) is 0 Å². The van der Waals surface area contributed by atoms with Crippen LogP contribution in [0.3, 0.4) is 0 Å². The van der Waals surface area contributed by atoms with E-state index in [1.807, 2.05) is 0 Å². The molecule has 0 N–H and O–H groups in total. The highest BCUT2D eigenvalue weighted by Gasteiger charge is 2.48. The fourth-order valence-electron chi connectivity index (χ4n) is 1.46. The van der Waals surface area contributed by atoms with Crippen LogP contribution >= 0.6 is 0 Å². The van der Waals surface area contributed by atoms with Crippen LogP contribution in [0.2, 0.25) is 0 Å². The van der Waals surface area contributed by atoms with E-state index in [0.29, 0.717) is 5.70 Å². The third-order valence-electron chi connectivity index (χ3n) is 2.37. The van der Waals surface area contributed by atoms with E-state index in [9.17, 15) is 21.6 Å². The first kappa shape index (κ1) is 18.4. The molecule has 122 valence electrons. The number of alkyl halides is 3. The van der Waals surface area contributed by atoms with Gasteiger partial charge in [-0.05, 0) is 25.1 Å². The van der Waals surface area contributed by atoms with Gasteiger partial charge in [0.2, 0.25) is 0 Å². The van der Waals surface area contributed by atoms with Gasteiger partial charge in [-0.3, -0.25) is 4.99 Å². The molecule has 0 aliphatic carbocycles. The average Bonchev–Trinajstić information content (AvgIpc) is 2.43. The molecule has 0 amide bonds. The lowest BCUT2D eigenvalue weighted by Gasteiger charge is -2.13. The van der Waals surface area contributed by atoms with Crippen LogP contribution in [0.25, 0.3) is 0 Å². The minimum absolute atomic E-state index is 0.0503. The first-order valence-corrected chi connectivity index (χ1v) is 7.34. The number of halogens is 3. The zero-order valence-corrected chi connectivity index (χ0v) is 12.7. The highest BCUT2D eigenvalue weighted by molar-refractivity contribution is 7.88. The zero-order chi connectivity index (χ0) is 17.8. The smallest absolute Gasteiger partial charge is 0.375 e. The topological polar surface area (TPSA) is 79.5 Å². The number of rotatable bonds is 5. The lowest BCUT2D eigenvalue weighted by molar-refractivity contribution is -0.0500. The summed E-state index contributed by atoms with van der Waals surface area (Å²) in [6, 6.07) is 5.04. The quantitative estimate of drug-likeness (QED) is 0.466. The average molecular weight is 344 g/mol. The molecule has 0 saturated heterocycles. The van der Waals surface area contributed by atoms with Gasteiger partial charge in [-0.2, -0.15) is 26.9 Å². The zero-order valence-electron chi connectivity index (χ0n) is 11.9. The highest BCUT2D eigenvalue weighted by atomic mass is 32.2. The number of allylic oxidation sites excluding steroid dienone is 2. The van der Waals surface area contributed by atoms with Crippen LogP contribution in [-0.4, -0.2) is 19.6 Å². The largest absolute Gasteiger partial charge is 0.534 e. The summed E-state index contributed by atoms with van der Waals surface area (Å²) in [5.74, 6) is -0.679. The van der Waals surface area contributed by atoms with Crippen LogP contribution in [0.4, 0.5) is 13.2 Å². The number of benzene rings is 1. The Morgan fingerprint density at radius 2 is 2.04 bits per heavy atom. The van der Waals surface area contributed by atoms with Crippen LogP contribution in [-0.2, 0) is 10.1 Å². The summed E-state index contributed by atoms with van der Waals surface area (Å²) in [6.07, 6.45) is 1.20. The van der Waals surface area contributed by atoms with E-state index in [2.05, 4.69) is 22.3 Å². The fourth-order valence-corrected chi connectivity index (χ4v) is 1.93. The molecular formula is C14H11F3N2O3S. The molecule has 9 heteroatoms. The summed E-state index contributed by atoms with van der Waals surface area (Å²) in [4.78, 5) is 3.94. The van der Waals surface area contributed by atoms with Crippen molar-refractivity contribution < 1.29 is 25.8 Å². The van der Waals surface area contributed by atoms with Crippen molar-refractivity contribution in [3.8, 4) is 11.8 Å². The van der Waals surface area contributed by atoms with Gasteiger partial charge in [-0.1, -0.05) is 13.2 Å².